The maximum Gasteiger partial charge on any atom is 0.243 e. The summed E-state index contributed by atoms with van der Waals surface area (Å²) >= 11 is 0. The van der Waals surface area contributed by atoms with Crippen molar-refractivity contribution in [1.82, 2.24) is 5.32 Å². The molecule has 0 heterocycles. The van der Waals surface area contributed by atoms with Gasteiger partial charge in [0.1, 0.15) is 0 Å². The van der Waals surface area contributed by atoms with Crippen LogP contribution in [-0.2, 0) is 4.79 Å². The maximum absolute atomic E-state index is 11.4. The molecule has 0 unspecified atom stereocenters. The SMILES string of the molecule is CCCCCCCC/C=C/CCC/C=C/C=C/C(=O)NCC(C)C. The van der Waals surface area contributed by atoms with E-state index >= 15 is 0 Å². The minimum Gasteiger partial charge on any atom is -0.352 e. The number of allylic oxidation sites excluding steroid dienone is 5. The quantitative estimate of drug-likeness (QED) is 0.161. The summed E-state index contributed by atoms with van der Waals surface area (Å²) in [4.78, 5) is 11.4. The van der Waals surface area contributed by atoms with Gasteiger partial charge in [-0.1, -0.05) is 83.3 Å². The van der Waals surface area contributed by atoms with E-state index in [1.54, 1.807) is 6.08 Å². The molecule has 0 aliphatic heterocycles. The molecule has 0 bridgehead atoms. The number of hydrogen-bond donors (Lipinski definition) is 1. The van der Waals surface area contributed by atoms with E-state index < -0.39 is 0 Å². The molecule has 0 aromatic carbocycles. The number of rotatable bonds is 15. The lowest BCUT2D eigenvalue weighted by atomic mass is 10.1. The van der Waals surface area contributed by atoms with Gasteiger partial charge in [-0.3, -0.25) is 4.79 Å². The second kappa shape index (κ2) is 18.0. The first-order valence-corrected chi connectivity index (χ1v) is 9.92. The second-order valence-electron chi connectivity index (χ2n) is 6.89. The molecule has 0 aliphatic carbocycles. The van der Waals surface area contributed by atoms with Crippen molar-refractivity contribution in [2.75, 3.05) is 6.54 Å². The highest BCUT2D eigenvalue weighted by Crippen LogP contribution is 2.07. The van der Waals surface area contributed by atoms with Gasteiger partial charge in [-0.15, -0.1) is 0 Å². The van der Waals surface area contributed by atoms with Gasteiger partial charge in [0.2, 0.25) is 5.91 Å². The average molecular weight is 334 g/mol. The van der Waals surface area contributed by atoms with Gasteiger partial charge in [0.15, 0.2) is 0 Å². The van der Waals surface area contributed by atoms with Crippen molar-refractivity contribution in [2.24, 2.45) is 5.92 Å². The summed E-state index contributed by atoms with van der Waals surface area (Å²) in [6, 6.07) is 0. The van der Waals surface area contributed by atoms with Crippen molar-refractivity contribution < 1.29 is 4.79 Å². The summed E-state index contributed by atoms with van der Waals surface area (Å²) in [5.74, 6) is 0.484. The Morgan fingerprint density at radius 2 is 1.46 bits per heavy atom. The number of amides is 1. The predicted octanol–water partition coefficient (Wildman–Crippen LogP) is 6.35. The molecule has 1 amide bonds. The van der Waals surface area contributed by atoms with Gasteiger partial charge in [0.05, 0.1) is 0 Å². The molecule has 0 atom stereocenters. The molecule has 138 valence electrons. The first kappa shape index (κ1) is 22.7. The molecule has 0 saturated heterocycles. The van der Waals surface area contributed by atoms with Gasteiger partial charge in [0, 0.05) is 12.6 Å². The molecule has 1 N–H and O–H groups in total. The number of carbonyl (C=O) groups is 1. The molecule has 0 aromatic rings. The van der Waals surface area contributed by atoms with E-state index in [0.29, 0.717) is 5.92 Å². The van der Waals surface area contributed by atoms with Gasteiger partial charge in [-0.05, 0) is 38.0 Å². The lowest BCUT2D eigenvalue weighted by Gasteiger charge is -2.03. The Balaban J connectivity index is 3.42. The van der Waals surface area contributed by atoms with Crippen LogP contribution >= 0.6 is 0 Å². The predicted molar refractivity (Wildman–Crippen MR) is 107 cm³/mol. The molecule has 0 rings (SSSR count). The van der Waals surface area contributed by atoms with Gasteiger partial charge in [-0.25, -0.2) is 0 Å². The van der Waals surface area contributed by atoms with Crippen LogP contribution in [0.25, 0.3) is 0 Å². The number of nitrogens with one attached hydrogen (secondary N) is 1. The van der Waals surface area contributed by atoms with Crippen LogP contribution in [0.4, 0.5) is 0 Å². The van der Waals surface area contributed by atoms with Gasteiger partial charge >= 0.3 is 0 Å². The Kier molecular flexibility index (Phi) is 17.1. The molecule has 2 nitrogen and oxygen atoms in total. The van der Waals surface area contributed by atoms with Crippen molar-refractivity contribution in [1.29, 1.82) is 0 Å². The summed E-state index contributed by atoms with van der Waals surface area (Å²) in [5, 5.41) is 2.86. The van der Waals surface area contributed by atoms with Crippen LogP contribution in [0.15, 0.2) is 36.5 Å². The summed E-state index contributed by atoms with van der Waals surface area (Å²) in [6.07, 6.45) is 25.0. The Labute approximate surface area is 150 Å². The second-order valence-corrected chi connectivity index (χ2v) is 6.89. The van der Waals surface area contributed by atoms with E-state index in [1.807, 2.05) is 12.2 Å². The third-order valence-corrected chi connectivity index (χ3v) is 3.81. The van der Waals surface area contributed by atoms with Crippen molar-refractivity contribution >= 4 is 5.91 Å². The molecule has 0 spiro atoms. The summed E-state index contributed by atoms with van der Waals surface area (Å²) in [6.45, 7) is 7.18. The van der Waals surface area contributed by atoms with E-state index in [9.17, 15) is 4.79 Å². The van der Waals surface area contributed by atoms with Crippen LogP contribution in [0, 0.1) is 5.92 Å². The fourth-order valence-electron chi connectivity index (χ4n) is 2.31. The van der Waals surface area contributed by atoms with E-state index in [0.717, 1.165) is 19.4 Å². The van der Waals surface area contributed by atoms with Gasteiger partial charge in [0.25, 0.3) is 0 Å². The van der Waals surface area contributed by atoms with Gasteiger partial charge in [-0.2, -0.15) is 0 Å². The Morgan fingerprint density at radius 3 is 2.17 bits per heavy atom. The zero-order valence-electron chi connectivity index (χ0n) is 16.2. The molecule has 0 saturated carbocycles. The highest BCUT2D eigenvalue weighted by molar-refractivity contribution is 5.87. The average Bonchev–Trinajstić information content (AvgIpc) is 2.56. The maximum atomic E-state index is 11.4. The first-order valence-electron chi connectivity index (χ1n) is 9.92. The fraction of sp³-hybridized carbons (Fsp3) is 0.682. The molecule has 0 radical (unpaired) electrons. The molecule has 0 fully saturated rings. The Morgan fingerprint density at radius 1 is 0.833 bits per heavy atom. The number of unbranched alkanes of at least 4 members (excludes halogenated alkanes) is 8. The summed E-state index contributed by atoms with van der Waals surface area (Å²) in [5.41, 5.74) is 0. The van der Waals surface area contributed by atoms with Crippen molar-refractivity contribution in [3.63, 3.8) is 0 Å². The first-order chi connectivity index (χ1) is 11.7. The topological polar surface area (TPSA) is 29.1 Å². The van der Waals surface area contributed by atoms with Crippen LogP contribution in [-0.4, -0.2) is 12.5 Å². The van der Waals surface area contributed by atoms with Crippen LogP contribution in [0.5, 0.6) is 0 Å². The van der Waals surface area contributed by atoms with E-state index in [-0.39, 0.29) is 5.91 Å². The number of carbonyl (C=O) groups excluding carboxylic acids is 1. The molecule has 0 aliphatic rings. The van der Waals surface area contributed by atoms with Crippen molar-refractivity contribution in [2.45, 2.75) is 85.0 Å². The van der Waals surface area contributed by atoms with Crippen molar-refractivity contribution in [3.05, 3.63) is 36.5 Å². The van der Waals surface area contributed by atoms with Gasteiger partial charge < -0.3 is 5.32 Å². The smallest absolute Gasteiger partial charge is 0.243 e. The molecular weight excluding hydrogens is 294 g/mol. The van der Waals surface area contributed by atoms with Crippen LogP contribution < -0.4 is 5.32 Å². The highest BCUT2D eigenvalue weighted by atomic mass is 16.1. The number of hydrogen-bond acceptors (Lipinski definition) is 1. The molecule has 0 aromatic heterocycles. The Hall–Kier alpha value is -1.31. The lowest BCUT2D eigenvalue weighted by molar-refractivity contribution is -0.116. The molecule has 24 heavy (non-hydrogen) atoms. The summed E-state index contributed by atoms with van der Waals surface area (Å²) < 4.78 is 0. The minimum absolute atomic E-state index is 0.00835. The largest absolute Gasteiger partial charge is 0.352 e. The standard InChI is InChI=1S/C22H39NO/c1-4-5-6-7-8-9-10-11-12-13-14-15-16-17-18-19-22(24)23-20-21(2)3/h11-12,16-19,21H,4-10,13-15,20H2,1-3H3,(H,23,24)/b12-11+,17-16+,19-18+. The third-order valence-electron chi connectivity index (χ3n) is 3.81. The van der Waals surface area contributed by atoms with Crippen LogP contribution in [0.1, 0.15) is 85.0 Å². The Bertz CT molecular complexity index is 366. The zero-order valence-corrected chi connectivity index (χ0v) is 16.2. The fourth-order valence-corrected chi connectivity index (χ4v) is 2.31. The van der Waals surface area contributed by atoms with E-state index in [2.05, 4.69) is 44.3 Å². The monoisotopic (exact) mass is 333 g/mol. The molecular formula is C22H39NO. The van der Waals surface area contributed by atoms with E-state index in [1.165, 1.54) is 51.4 Å². The lowest BCUT2D eigenvalue weighted by Crippen LogP contribution is -2.25. The highest BCUT2D eigenvalue weighted by Gasteiger charge is 1.95. The molecule has 2 heteroatoms. The zero-order chi connectivity index (χ0) is 17.9. The van der Waals surface area contributed by atoms with Crippen LogP contribution in [0.2, 0.25) is 0 Å². The normalized spacial score (nSPS) is 12.2. The van der Waals surface area contributed by atoms with Crippen LogP contribution in [0.3, 0.4) is 0 Å². The van der Waals surface area contributed by atoms with Crippen molar-refractivity contribution in [3.8, 4) is 0 Å². The third kappa shape index (κ3) is 18.7. The summed E-state index contributed by atoms with van der Waals surface area (Å²) in [7, 11) is 0. The minimum atomic E-state index is -0.00835. The van der Waals surface area contributed by atoms with E-state index in [4.69, 9.17) is 0 Å².